The van der Waals surface area contributed by atoms with Gasteiger partial charge in [0.25, 0.3) is 0 Å². The van der Waals surface area contributed by atoms with E-state index in [1.165, 1.54) is 4.31 Å². The van der Waals surface area contributed by atoms with Gasteiger partial charge in [0.05, 0.1) is 20.9 Å². The Morgan fingerprint density at radius 1 is 1.00 bits per heavy atom. The zero-order chi connectivity index (χ0) is 20.3. The van der Waals surface area contributed by atoms with Crippen molar-refractivity contribution in [3.05, 3.63) is 71.8 Å². The van der Waals surface area contributed by atoms with Gasteiger partial charge in [0, 0.05) is 17.5 Å². The van der Waals surface area contributed by atoms with Crippen LogP contribution in [0.3, 0.4) is 0 Å². The molecule has 1 aliphatic rings. The number of nitrogens with zero attached hydrogens (tertiary/aromatic N) is 1. The van der Waals surface area contributed by atoms with Crippen LogP contribution < -0.4 is 0 Å². The van der Waals surface area contributed by atoms with Crippen LogP contribution in [0.25, 0.3) is 0 Å². The summed E-state index contributed by atoms with van der Waals surface area (Å²) in [7, 11) is -4.98. The molecule has 28 heavy (non-hydrogen) atoms. The number of benzene rings is 2. The summed E-state index contributed by atoms with van der Waals surface area (Å²) in [6.07, 6.45) is 5.24. The number of hydrogen-bond acceptors (Lipinski definition) is 3. The van der Waals surface area contributed by atoms with Crippen LogP contribution in [0.5, 0.6) is 0 Å². The standard InChI is InChI=1S/C22H27NO3S2/c1-4-6-21-22(27(24)19-12-8-17(2)9-13-19)7-5-16-23(21)28(25,26)20-14-10-18(3)11-15-20/h5,7-15,21-22H,4,6,16H2,1-3H3/t21-,22+,27?/m0/s1. The van der Waals surface area contributed by atoms with Crippen LogP contribution in [0.1, 0.15) is 30.9 Å². The molecule has 3 atom stereocenters. The first-order valence-electron chi connectivity index (χ1n) is 9.57. The lowest BCUT2D eigenvalue weighted by Gasteiger charge is -2.37. The van der Waals surface area contributed by atoms with Crippen LogP contribution in [0.2, 0.25) is 0 Å². The third kappa shape index (κ3) is 4.29. The summed E-state index contributed by atoms with van der Waals surface area (Å²) in [5.41, 5.74) is 2.12. The van der Waals surface area contributed by atoms with Gasteiger partial charge in [-0.3, -0.25) is 4.21 Å². The number of aryl methyl sites for hydroxylation is 2. The molecule has 0 aromatic heterocycles. The molecule has 0 N–H and O–H groups in total. The monoisotopic (exact) mass is 417 g/mol. The lowest BCUT2D eigenvalue weighted by atomic mass is 10.1. The van der Waals surface area contributed by atoms with Gasteiger partial charge >= 0.3 is 0 Å². The van der Waals surface area contributed by atoms with Crippen molar-refractivity contribution >= 4 is 20.8 Å². The maximum absolute atomic E-state index is 13.3. The minimum Gasteiger partial charge on any atom is -0.254 e. The first-order chi connectivity index (χ1) is 13.3. The molecule has 3 rings (SSSR count). The second-order valence-corrected chi connectivity index (χ2v) is 10.7. The molecule has 4 nitrogen and oxygen atoms in total. The highest BCUT2D eigenvalue weighted by atomic mass is 32.2. The molecule has 0 saturated heterocycles. The predicted octanol–water partition coefficient (Wildman–Crippen LogP) is 4.21. The lowest BCUT2D eigenvalue weighted by molar-refractivity contribution is 0.317. The molecule has 0 radical (unpaired) electrons. The predicted molar refractivity (Wildman–Crippen MR) is 114 cm³/mol. The summed E-state index contributed by atoms with van der Waals surface area (Å²) in [4.78, 5) is 1.02. The van der Waals surface area contributed by atoms with Crippen molar-refractivity contribution in [1.29, 1.82) is 0 Å². The first kappa shape index (κ1) is 21.0. The van der Waals surface area contributed by atoms with E-state index in [0.717, 1.165) is 22.4 Å². The molecule has 6 heteroatoms. The SMILES string of the molecule is CCC[C@H]1[C@H](S(=O)c2ccc(C)cc2)C=CCN1S(=O)(=O)c1ccc(C)cc1. The fourth-order valence-corrected chi connectivity index (χ4v) is 6.74. The van der Waals surface area contributed by atoms with Gasteiger partial charge < -0.3 is 0 Å². The Morgan fingerprint density at radius 3 is 2.14 bits per heavy atom. The summed E-state index contributed by atoms with van der Waals surface area (Å²) in [6.45, 7) is 6.26. The lowest BCUT2D eigenvalue weighted by Crippen LogP contribution is -2.50. The quantitative estimate of drug-likeness (QED) is 0.662. The summed E-state index contributed by atoms with van der Waals surface area (Å²) < 4.78 is 41.5. The molecule has 150 valence electrons. The van der Waals surface area contributed by atoms with Gasteiger partial charge in [-0.15, -0.1) is 0 Å². The highest BCUT2D eigenvalue weighted by molar-refractivity contribution is 7.89. The molecule has 0 aliphatic carbocycles. The van der Waals surface area contributed by atoms with Gasteiger partial charge in [0.15, 0.2) is 0 Å². The van der Waals surface area contributed by atoms with E-state index in [0.29, 0.717) is 13.0 Å². The van der Waals surface area contributed by atoms with E-state index in [1.54, 1.807) is 12.1 Å². The van der Waals surface area contributed by atoms with Crippen molar-refractivity contribution in [3.63, 3.8) is 0 Å². The first-order valence-corrected chi connectivity index (χ1v) is 12.2. The molecule has 0 fully saturated rings. The summed E-state index contributed by atoms with van der Waals surface area (Å²) in [6, 6.07) is 14.2. The largest absolute Gasteiger partial charge is 0.254 e. The van der Waals surface area contributed by atoms with E-state index >= 15 is 0 Å². The Labute approximate surface area is 170 Å². The fourth-order valence-electron chi connectivity index (χ4n) is 3.50. The summed E-state index contributed by atoms with van der Waals surface area (Å²) in [5, 5.41) is -0.364. The number of sulfonamides is 1. The second-order valence-electron chi connectivity index (χ2n) is 7.25. The molecular weight excluding hydrogens is 390 g/mol. The van der Waals surface area contributed by atoms with Gasteiger partial charge in [0.1, 0.15) is 0 Å². The summed E-state index contributed by atoms with van der Waals surface area (Å²) >= 11 is 0. The van der Waals surface area contributed by atoms with E-state index in [4.69, 9.17) is 0 Å². The van der Waals surface area contributed by atoms with Crippen LogP contribution in [0, 0.1) is 13.8 Å². The van der Waals surface area contributed by atoms with Gasteiger partial charge in [-0.05, 0) is 44.5 Å². The van der Waals surface area contributed by atoms with E-state index in [1.807, 2.05) is 69.3 Å². The highest BCUT2D eigenvalue weighted by Crippen LogP contribution is 2.30. The molecule has 0 bridgehead atoms. The molecule has 2 aromatic carbocycles. The average Bonchev–Trinajstić information content (AvgIpc) is 2.68. The third-order valence-corrected chi connectivity index (χ3v) is 8.68. The van der Waals surface area contributed by atoms with Crippen molar-refractivity contribution < 1.29 is 12.6 Å². The van der Waals surface area contributed by atoms with E-state index in [-0.39, 0.29) is 16.2 Å². The van der Waals surface area contributed by atoms with Crippen molar-refractivity contribution in [2.45, 2.75) is 54.7 Å². The van der Waals surface area contributed by atoms with Crippen molar-refractivity contribution in [3.8, 4) is 0 Å². The Hall–Kier alpha value is -1.76. The summed E-state index contributed by atoms with van der Waals surface area (Å²) in [5.74, 6) is 0. The van der Waals surface area contributed by atoms with Gasteiger partial charge in [0.2, 0.25) is 10.0 Å². The second kappa shape index (κ2) is 8.72. The molecule has 2 aromatic rings. The Bertz CT molecular complexity index is 964. The molecule has 1 aliphatic heterocycles. The van der Waals surface area contributed by atoms with Crippen molar-refractivity contribution in [2.75, 3.05) is 6.54 Å². The fraction of sp³-hybridized carbons (Fsp3) is 0.364. The maximum Gasteiger partial charge on any atom is 0.243 e. The van der Waals surface area contributed by atoms with Gasteiger partial charge in [-0.2, -0.15) is 4.31 Å². The average molecular weight is 418 g/mol. The van der Waals surface area contributed by atoms with Crippen LogP contribution in [-0.4, -0.2) is 34.8 Å². The Morgan fingerprint density at radius 2 is 1.57 bits per heavy atom. The Balaban J connectivity index is 1.96. The zero-order valence-electron chi connectivity index (χ0n) is 16.5. The maximum atomic E-state index is 13.3. The minimum absolute atomic E-state index is 0.286. The Kier molecular flexibility index (Phi) is 6.53. The topological polar surface area (TPSA) is 54.5 Å². The smallest absolute Gasteiger partial charge is 0.243 e. The van der Waals surface area contributed by atoms with Gasteiger partial charge in [-0.25, -0.2) is 8.42 Å². The van der Waals surface area contributed by atoms with E-state index in [9.17, 15) is 12.6 Å². The van der Waals surface area contributed by atoms with Crippen LogP contribution >= 0.6 is 0 Å². The molecule has 0 spiro atoms. The minimum atomic E-state index is -3.66. The van der Waals surface area contributed by atoms with Crippen LogP contribution in [0.15, 0.2) is 70.5 Å². The van der Waals surface area contributed by atoms with Crippen molar-refractivity contribution in [2.24, 2.45) is 0 Å². The molecule has 1 unspecified atom stereocenters. The number of rotatable bonds is 6. The van der Waals surface area contributed by atoms with Crippen LogP contribution in [-0.2, 0) is 20.8 Å². The van der Waals surface area contributed by atoms with Crippen molar-refractivity contribution in [1.82, 2.24) is 4.31 Å². The number of hydrogen-bond donors (Lipinski definition) is 0. The van der Waals surface area contributed by atoms with Crippen LogP contribution in [0.4, 0.5) is 0 Å². The van der Waals surface area contributed by atoms with E-state index in [2.05, 4.69) is 0 Å². The van der Waals surface area contributed by atoms with E-state index < -0.39 is 20.8 Å². The molecule has 0 amide bonds. The van der Waals surface area contributed by atoms with Gasteiger partial charge in [-0.1, -0.05) is 60.9 Å². The highest BCUT2D eigenvalue weighted by Gasteiger charge is 2.39. The zero-order valence-corrected chi connectivity index (χ0v) is 18.2. The normalized spacial score (nSPS) is 21.5. The molecular formula is C22H27NO3S2. The molecule has 1 heterocycles. The molecule has 0 saturated carbocycles. The third-order valence-electron chi connectivity index (χ3n) is 5.07.